The lowest BCUT2D eigenvalue weighted by atomic mass is 10.1. The predicted molar refractivity (Wildman–Crippen MR) is 69.8 cm³/mol. The van der Waals surface area contributed by atoms with E-state index < -0.39 is 0 Å². The van der Waals surface area contributed by atoms with Crippen LogP contribution in [0.1, 0.15) is 5.56 Å². The molecule has 0 saturated heterocycles. The molecule has 0 amide bonds. The Labute approximate surface area is 102 Å². The second kappa shape index (κ2) is 5.01. The Morgan fingerprint density at radius 2 is 2.13 bits per heavy atom. The number of amidine groups is 1. The minimum absolute atomic E-state index is 0.0571. The standard InChI is InChI=1S/C10H12IN3O/c1-15-9-3-2-6(4-7(9)11)8(12)5-10(13)14/h2-5H,12H2,1H3,(H3,13,14). The topological polar surface area (TPSA) is 85.1 Å². The van der Waals surface area contributed by atoms with E-state index in [1.807, 2.05) is 18.2 Å². The quantitative estimate of drug-likeness (QED) is 0.449. The highest BCUT2D eigenvalue weighted by Gasteiger charge is 2.03. The van der Waals surface area contributed by atoms with Crippen LogP contribution in [-0.4, -0.2) is 12.9 Å². The number of benzene rings is 1. The van der Waals surface area contributed by atoms with Crippen molar-refractivity contribution < 1.29 is 4.74 Å². The van der Waals surface area contributed by atoms with Gasteiger partial charge in [-0.25, -0.2) is 0 Å². The van der Waals surface area contributed by atoms with Gasteiger partial charge in [0.1, 0.15) is 11.6 Å². The first-order chi connectivity index (χ1) is 7.04. The number of hydrogen-bond acceptors (Lipinski definition) is 3. The van der Waals surface area contributed by atoms with Crippen LogP contribution in [0.15, 0.2) is 24.3 Å². The van der Waals surface area contributed by atoms with E-state index >= 15 is 0 Å². The van der Waals surface area contributed by atoms with E-state index in [1.54, 1.807) is 7.11 Å². The number of halogens is 1. The lowest BCUT2D eigenvalue weighted by molar-refractivity contribution is 0.412. The molecule has 1 aromatic carbocycles. The summed E-state index contributed by atoms with van der Waals surface area (Å²) in [6.07, 6.45) is 1.41. The number of rotatable bonds is 3. The largest absolute Gasteiger partial charge is 0.496 e. The van der Waals surface area contributed by atoms with Gasteiger partial charge in [-0.15, -0.1) is 0 Å². The molecule has 15 heavy (non-hydrogen) atoms. The van der Waals surface area contributed by atoms with E-state index in [2.05, 4.69) is 22.6 Å². The van der Waals surface area contributed by atoms with Gasteiger partial charge in [0, 0.05) is 11.8 Å². The van der Waals surface area contributed by atoms with Gasteiger partial charge >= 0.3 is 0 Å². The Morgan fingerprint density at radius 3 is 2.60 bits per heavy atom. The second-order valence-electron chi connectivity index (χ2n) is 2.90. The van der Waals surface area contributed by atoms with Crippen LogP contribution in [0.5, 0.6) is 5.75 Å². The van der Waals surface area contributed by atoms with Crippen molar-refractivity contribution in [3.8, 4) is 5.75 Å². The molecule has 0 saturated carbocycles. The van der Waals surface area contributed by atoms with Gasteiger partial charge < -0.3 is 16.2 Å². The molecule has 0 aliphatic rings. The van der Waals surface area contributed by atoms with Crippen molar-refractivity contribution in [2.45, 2.75) is 0 Å². The van der Waals surface area contributed by atoms with E-state index in [9.17, 15) is 0 Å². The molecule has 0 heterocycles. The van der Waals surface area contributed by atoms with Crippen LogP contribution in [0, 0.1) is 8.98 Å². The van der Waals surface area contributed by atoms with Crippen LogP contribution >= 0.6 is 22.6 Å². The number of nitrogens with two attached hydrogens (primary N) is 2. The average Bonchev–Trinajstić information content (AvgIpc) is 2.16. The lowest BCUT2D eigenvalue weighted by Gasteiger charge is -2.06. The summed E-state index contributed by atoms with van der Waals surface area (Å²) in [6, 6.07) is 5.54. The average molecular weight is 317 g/mol. The van der Waals surface area contributed by atoms with Crippen molar-refractivity contribution in [2.24, 2.45) is 11.5 Å². The smallest absolute Gasteiger partial charge is 0.132 e. The fraction of sp³-hybridized carbons (Fsp3) is 0.100. The summed E-state index contributed by atoms with van der Waals surface area (Å²) in [6.45, 7) is 0. The zero-order valence-electron chi connectivity index (χ0n) is 8.25. The molecule has 0 fully saturated rings. The number of nitrogens with one attached hydrogen (secondary N) is 1. The SMILES string of the molecule is COc1ccc(C(N)=CC(=N)N)cc1I. The molecule has 1 rings (SSSR count). The first-order valence-electron chi connectivity index (χ1n) is 4.19. The van der Waals surface area contributed by atoms with Gasteiger partial charge in [-0.3, -0.25) is 5.41 Å². The van der Waals surface area contributed by atoms with Crippen LogP contribution in [0.2, 0.25) is 0 Å². The molecule has 0 spiro atoms. The zero-order chi connectivity index (χ0) is 11.4. The molecule has 1 aromatic rings. The maximum Gasteiger partial charge on any atom is 0.132 e. The minimum atomic E-state index is -0.0571. The third-order valence-electron chi connectivity index (χ3n) is 1.80. The van der Waals surface area contributed by atoms with Crippen LogP contribution in [-0.2, 0) is 0 Å². The molecule has 0 aliphatic heterocycles. The molecular weight excluding hydrogens is 305 g/mol. The van der Waals surface area contributed by atoms with Crippen molar-refractivity contribution in [1.82, 2.24) is 0 Å². The molecule has 0 bridgehead atoms. The summed E-state index contributed by atoms with van der Waals surface area (Å²) in [5, 5.41) is 7.10. The third-order valence-corrected chi connectivity index (χ3v) is 2.64. The second-order valence-corrected chi connectivity index (χ2v) is 4.07. The minimum Gasteiger partial charge on any atom is -0.496 e. The van der Waals surface area contributed by atoms with Gasteiger partial charge in [-0.1, -0.05) is 0 Å². The van der Waals surface area contributed by atoms with Gasteiger partial charge in [-0.05, 0) is 46.4 Å². The molecule has 4 nitrogen and oxygen atoms in total. The molecule has 0 atom stereocenters. The highest BCUT2D eigenvalue weighted by molar-refractivity contribution is 14.1. The highest BCUT2D eigenvalue weighted by atomic mass is 127. The summed E-state index contributed by atoms with van der Waals surface area (Å²) < 4.78 is 6.09. The fourth-order valence-corrected chi connectivity index (χ4v) is 1.83. The molecular formula is C10H12IN3O. The van der Waals surface area contributed by atoms with Crippen molar-refractivity contribution in [3.63, 3.8) is 0 Å². The fourth-order valence-electron chi connectivity index (χ4n) is 1.10. The maximum atomic E-state index is 7.10. The Bertz CT molecular complexity index is 415. The van der Waals surface area contributed by atoms with Gasteiger partial charge in [-0.2, -0.15) is 0 Å². The van der Waals surface area contributed by atoms with E-state index in [4.69, 9.17) is 21.6 Å². The Balaban J connectivity index is 3.07. The maximum absolute atomic E-state index is 7.10. The summed E-state index contributed by atoms with van der Waals surface area (Å²) in [4.78, 5) is 0. The molecule has 5 N–H and O–H groups in total. The van der Waals surface area contributed by atoms with Crippen molar-refractivity contribution in [2.75, 3.05) is 7.11 Å². The Morgan fingerprint density at radius 1 is 1.47 bits per heavy atom. The first kappa shape index (κ1) is 11.8. The summed E-state index contributed by atoms with van der Waals surface area (Å²) in [7, 11) is 1.62. The van der Waals surface area contributed by atoms with Gasteiger partial charge in [0.05, 0.1) is 10.7 Å². The predicted octanol–water partition coefficient (Wildman–Crippen LogP) is 1.54. The van der Waals surface area contributed by atoms with E-state index in [-0.39, 0.29) is 5.84 Å². The molecule has 0 aromatic heterocycles. The number of methoxy groups -OCH3 is 1. The zero-order valence-corrected chi connectivity index (χ0v) is 10.4. The van der Waals surface area contributed by atoms with Crippen LogP contribution < -0.4 is 16.2 Å². The lowest BCUT2D eigenvalue weighted by Crippen LogP contribution is -2.09. The summed E-state index contributed by atoms with van der Waals surface area (Å²) >= 11 is 2.16. The van der Waals surface area contributed by atoms with E-state index in [0.29, 0.717) is 5.70 Å². The third kappa shape index (κ3) is 3.12. The highest BCUT2D eigenvalue weighted by Crippen LogP contribution is 2.23. The normalized spacial score (nSPS) is 11.2. The molecule has 5 heteroatoms. The first-order valence-corrected chi connectivity index (χ1v) is 5.27. The van der Waals surface area contributed by atoms with Gasteiger partial charge in [0.2, 0.25) is 0 Å². The molecule has 0 aliphatic carbocycles. The Hall–Kier alpha value is -1.24. The summed E-state index contributed by atoms with van der Waals surface area (Å²) in [5.74, 6) is 0.744. The van der Waals surface area contributed by atoms with E-state index in [1.165, 1.54) is 6.08 Å². The van der Waals surface area contributed by atoms with Crippen molar-refractivity contribution >= 4 is 34.1 Å². The number of hydrogen-bond donors (Lipinski definition) is 3. The van der Waals surface area contributed by atoms with Gasteiger partial charge in [0.15, 0.2) is 0 Å². The van der Waals surface area contributed by atoms with Crippen LogP contribution in [0.3, 0.4) is 0 Å². The van der Waals surface area contributed by atoms with E-state index in [0.717, 1.165) is 14.9 Å². The Kier molecular flexibility index (Phi) is 3.96. The van der Waals surface area contributed by atoms with Gasteiger partial charge in [0.25, 0.3) is 0 Å². The monoisotopic (exact) mass is 317 g/mol. The molecule has 80 valence electrons. The summed E-state index contributed by atoms with van der Waals surface area (Å²) in [5.41, 5.74) is 12.3. The van der Waals surface area contributed by atoms with Crippen LogP contribution in [0.25, 0.3) is 5.70 Å². The molecule has 0 radical (unpaired) electrons. The molecule has 0 unspecified atom stereocenters. The number of ether oxygens (including phenoxy) is 1. The van der Waals surface area contributed by atoms with Crippen molar-refractivity contribution in [3.05, 3.63) is 33.4 Å². The van der Waals surface area contributed by atoms with Crippen LogP contribution in [0.4, 0.5) is 0 Å². The van der Waals surface area contributed by atoms with Crippen molar-refractivity contribution in [1.29, 1.82) is 5.41 Å².